The number of hydrogen-bond acceptors (Lipinski definition) is 3. The summed E-state index contributed by atoms with van der Waals surface area (Å²) in [4.78, 5) is 4.16. The van der Waals surface area contributed by atoms with Gasteiger partial charge in [0.15, 0.2) is 0 Å². The normalized spacial score (nSPS) is 20.8. The van der Waals surface area contributed by atoms with Gasteiger partial charge in [-0.3, -0.25) is 0 Å². The van der Waals surface area contributed by atoms with Crippen molar-refractivity contribution in [1.82, 2.24) is 0 Å². The van der Waals surface area contributed by atoms with Crippen LogP contribution in [0.4, 0.5) is 0 Å². The van der Waals surface area contributed by atoms with Gasteiger partial charge in [0.05, 0.1) is 0 Å². The predicted molar refractivity (Wildman–Crippen MR) is 47.7 cm³/mol. The van der Waals surface area contributed by atoms with E-state index in [9.17, 15) is 4.70 Å². The molecule has 0 atom stereocenters. The van der Waals surface area contributed by atoms with Crippen LogP contribution in [0.5, 0.6) is 0 Å². The van der Waals surface area contributed by atoms with Crippen molar-refractivity contribution in [3.05, 3.63) is 12.3 Å². The van der Waals surface area contributed by atoms with E-state index in [0.717, 1.165) is 12.8 Å². The van der Waals surface area contributed by atoms with E-state index in [1.165, 1.54) is 12.5 Å². The molecule has 0 aromatic carbocycles. The van der Waals surface area contributed by atoms with Gasteiger partial charge in [0.1, 0.15) is 0 Å². The van der Waals surface area contributed by atoms with Gasteiger partial charge in [0.2, 0.25) is 0 Å². The van der Waals surface area contributed by atoms with Gasteiger partial charge >= 0.3 is 71.9 Å². The van der Waals surface area contributed by atoms with E-state index in [4.69, 9.17) is 4.74 Å². The molecule has 0 amide bonds. The van der Waals surface area contributed by atoms with E-state index >= 15 is 0 Å². The van der Waals surface area contributed by atoms with Gasteiger partial charge in [-0.05, 0) is 0 Å². The van der Waals surface area contributed by atoms with Crippen molar-refractivity contribution in [3.8, 4) is 0 Å². The van der Waals surface area contributed by atoms with Crippen molar-refractivity contribution in [3.63, 3.8) is 0 Å². The SMILES string of the molecule is COC=CC1(N=CB=O)CCC1. The van der Waals surface area contributed by atoms with E-state index in [2.05, 4.69) is 4.99 Å². The summed E-state index contributed by atoms with van der Waals surface area (Å²) in [6.45, 7) is 0. The fourth-order valence-corrected chi connectivity index (χ4v) is 1.25. The molecule has 0 aromatic heterocycles. The second-order valence-corrected chi connectivity index (χ2v) is 2.91. The Morgan fingerprint density at radius 3 is 2.75 bits per heavy atom. The van der Waals surface area contributed by atoms with Crippen LogP contribution in [-0.4, -0.2) is 25.9 Å². The topological polar surface area (TPSA) is 38.7 Å². The fourth-order valence-electron chi connectivity index (χ4n) is 1.25. The van der Waals surface area contributed by atoms with Crippen LogP contribution < -0.4 is 0 Å². The van der Waals surface area contributed by atoms with Gasteiger partial charge in [-0.1, -0.05) is 0 Å². The van der Waals surface area contributed by atoms with Crippen molar-refractivity contribution in [2.24, 2.45) is 4.99 Å². The molecule has 0 unspecified atom stereocenters. The number of aliphatic imine (C=N–C) groups is 1. The molecule has 1 rings (SSSR count). The predicted octanol–water partition coefficient (Wildman–Crippen LogP) is 1.15. The summed E-state index contributed by atoms with van der Waals surface area (Å²) in [5.41, 5.74) is -0.142. The molecule has 3 nitrogen and oxygen atoms in total. The van der Waals surface area contributed by atoms with Crippen LogP contribution in [0, 0.1) is 0 Å². The summed E-state index contributed by atoms with van der Waals surface area (Å²) in [7, 11) is 2.31. The second-order valence-electron chi connectivity index (χ2n) is 2.91. The molecule has 0 saturated heterocycles. The summed E-state index contributed by atoms with van der Waals surface area (Å²) >= 11 is 0. The molecule has 0 aliphatic heterocycles. The molecule has 64 valence electrons. The molecule has 0 N–H and O–H groups in total. The first-order valence-electron chi connectivity index (χ1n) is 4.02. The quantitative estimate of drug-likeness (QED) is 0.356. The van der Waals surface area contributed by atoms with Crippen LogP contribution in [-0.2, 0) is 9.44 Å². The maximum atomic E-state index is 10.1. The first-order valence-corrected chi connectivity index (χ1v) is 4.02. The van der Waals surface area contributed by atoms with E-state index in [-0.39, 0.29) is 5.54 Å². The van der Waals surface area contributed by atoms with E-state index < -0.39 is 0 Å². The molecule has 1 saturated carbocycles. The Hall–Kier alpha value is -0.925. The van der Waals surface area contributed by atoms with Crippen LogP contribution in [0.2, 0.25) is 0 Å². The van der Waals surface area contributed by atoms with E-state index in [1.807, 2.05) is 6.08 Å². The molecule has 0 spiro atoms. The maximum absolute atomic E-state index is 10.1. The Morgan fingerprint density at radius 1 is 1.58 bits per heavy atom. The van der Waals surface area contributed by atoms with Crippen molar-refractivity contribution in [2.45, 2.75) is 24.8 Å². The Bertz CT molecular complexity index is 209. The molecule has 12 heavy (non-hydrogen) atoms. The number of rotatable bonds is 4. The molecule has 0 heterocycles. The molecule has 0 aromatic rings. The van der Waals surface area contributed by atoms with Crippen LogP contribution in [0.25, 0.3) is 0 Å². The molecule has 0 radical (unpaired) electrons. The Balaban J connectivity index is 2.56. The summed E-state index contributed by atoms with van der Waals surface area (Å²) in [6, 6.07) is 0. The molecule has 0 bridgehead atoms. The third-order valence-corrected chi connectivity index (χ3v) is 2.13. The standard InChI is InChI=1S/C8H12BNO2/c1-12-6-5-8(3-2-4-8)10-7-9-11/h5-7H,2-4H2,1H3. The third kappa shape index (κ3) is 2.03. The summed E-state index contributed by atoms with van der Waals surface area (Å²) in [5.74, 6) is 0. The third-order valence-electron chi connectivity index (χ3n) is 2.13. The van der Waals surface area contributed by atoms with Crippen molar-refractivity contribution >= 4 is 13.3 Å². The average Bonchev–Trinajstić information content (AvgIpc) is 2.02. The summed E-state index contributed by atoms with van der Waals surface area (Å²) in [6.07, 6.45) is 8.05. The van der Waals surface area contributed by atoms with Gasteiger partial charge in [0.25, 0.3) is 0 Å². The van der Waals surface area contributed by atoms with Gasteiger partial charge in [-0.15, -0.1) is 0 Å². The molecule has 1 aliphatic carbocycles. The number of nitrogens with zero attached hydrogens (tertiary/aromatic N) is 1. The van der Waals surface area contributed by atoms with E-state index in [1.54, 1.807) is 13.4 Å². The minimum absolute atomic E-state index is 0.142. The molecule has 1 fully saturated rings. The molecular formula is C8H12BNO2. The Kier molecular flexibility index (Phi) is 3.20. The van der Waals surface area contributed by atoms with Crippen molar-refractivity contribution in [2.75, 3.05) is 7.11 Å². The minimum atomic E-state index is -0.142. The van der Waals surface area contributed by atoms with Crippen LogP contribution in [0.15, 0.2) is 17.3 Å². The number of hydrogen-bond donors (Lipinski definition) is 0. The Morgan fingerprint density at radius 2 is 2.33 bits per heavy atom. The average molecular weight is 165 g/mol. The summed E-state index contributed by atoms with van der Waals surface area (Å²) < 4.78 is 14.9. The monoisotopic (exact) mass is 165 g/mol. The molecular weight excluding hydrogens is 153 g/mol. The number of ether oxygens (including phenoxy) is 1. The zero-order valence-electron chi connectivity index (χ0n) is 7.19. The van der Waals surface area contributed by atoms with Crippen LogP contribution in [0.3, 0.4) is 0 Å². The fraction of sp³-hybridized carbons (Fsp3) is 0.625. The van der Waals surface area contributed by atoms with E-state index in [0.29, 0.717) is 7.15 Å². The first-order chi connectivity index (χ1) is 5.83. The van der Waals surface area contributed by atoms with Crippen LogP contribution in [0.1, 0.15) is 19.3 Å². The molecule has 4 heteroatoms. The first kappa shape index (κ1) is 9.17. The van der Waals surface area contributed by atoms with Crippen molar-refractivity contribution < 1.29 is 9.44 Å². The van der Waals surface area contributed by atoms with Gasteiger partial charge < -0.3 is 0 Å². The van der Waals surface area contributed by atoms with Crippen molar-refractivity contribution in [1.29, 1.82) is 0 Å². The second kappa shape index (κ2) is 4.19. The van der Waals surface area contributed by atoms with Gasteiger partial charge in [-0.2, -0.15) is 0 Å². The number of methoxy groups -OCH3 is 1. The summed E-state index contributed by atoms with van der Waals surface area (Å²) in [5, 5.41) is 0. The Labute approximate surface area is 72.8 Å². The zero-order valence-corrected chi connectivity index (χ0v) is 7.19. The van der Waals surface area contributed by atoms with Gasteiger partial charge in [-0.25, -0.2) is 0 Å². The van der Waals surface area contributed by atoms with Crippen LogP contribution >= 0.6 is 0 Å². The molecule has 1 aliphatic rings. The zero-order chi connectivity index (χ0) is 8.86. The van der Waals surface area contributed by atoms with Gasteiger partial charge in [0, 0.05) is 0 Å².